The van der Waals surface area contributed by atoms with Crippen molar-refractivity contribution in [2.24, 2.45) is 0 Å². The number of fused-ring (bicyclic) bond motifs is 2. The van der Waals surface area contributed by atoms with E-state index in [1.807, 2.05) is 0 Å². The fraction of sp³-hybridized carbons (Fsp3) is 0.545. The molecule has 2 aliphatic rings. The summed E-state index contributed by atoms with van der Waals surface area (Å²) in [6.07, 6.45) is 33.1. The summed E-state index contributed by atoms with van der Waals surface area (Å²) < 4.78 is 23.7. The fourth-order valence-electron chi connectivity index (χ4n) is 10.9. The highest BCUT2D eigenvalue weighted by Crippen LogP contribution is 2.57. The van der Waals surface area contributed by atoms with Crippen LogP contribution in [0.1, 0.15) is 240 Å². The Labute approximate surface area is 474 Å². The molecule has 0 fully saturated rings. The lowest BCUT2D eigenvalue weighted by Gasteiger charge is -2.40. The van der Waals surface area contributed by atoms with Gasteiger partial charge in [0.1, 0.15) is 46.7 Å². The molecule has 80 heavy (non-hydrogen) atoms. The third-order valence-electron chi connectivity index (χ3n) is 15.4. The zero-order valence-corrected chi connectivity index (χ0v) is 47.4. The summed E-state index contributed by atoms with van der Waals surface area (Å²) in [6.45, 7) is 4.47. The van der Waals surface area contributed by atoms with E-state index in [-0.39, 0.29) is 81.6 Å². The van der Waals surface area contributed by atoms with Crippen molar-refractivity contribution in [1.29, 1.82) is 0 Å². The Morgan fingerprint density at radius 3 is 1.40 bits per heavy atom. The number of hydrogen-bond acceptors (Lipinski definition) is 14. The van der Waals surface area contributed by atoms with Crippen molar-refractivity contribution in [2.75, 3.05) is 0 Å². The lowest BCUT2D eigenvalue weighted by Crippen LogP contribution is -2.36. The van der Waals surface area contributed by atoms with Crippen molar-refractivity contribution in [3.63, 3.8) is 0 Å². The number of carbonyl (C=O) groups excluding carboxylic acids is 2. The minimum absolute atomic E-state index is 0.0444. The maximum absolute atomic E-state index is 12.9. The molecule has 4 aromatic rings. The predicted octanol–water partition coefficient (Wildman–Crippen LogP) is 15.5. The van der Waals surface area contributed by atoms with Gasteiger partial charge in [-0.15, -0.1) is 0 Å². The Bertz CT molecular complexity index is 2620. The molecule has 0 unspecified atom stereocenters. The van der Waals surface area contributed by atoms with Crippen LogP contribution in [0.25, 0.3) is 0 Å². The molecule has 14 nitrogen and oxygen atoms in total. The monoisotopic (exact) mass is 1110 g/mol. The van der Waals surface area contributed by atoms with Gasteiger partial charge < -0.3 is 59.8 Å². The number of phenolic OH excluding ortho intramolecular Hbond substituents is 6. The fourth-order valence-corrected chi connectivity index (χ4v) is 10.9. The van der Waals surface area contributed by atoms with E-state index >= 15 is 0 Å². The maximum Gasteiger partial charge on any atom is 0.311 e. The number of hydrogen-bond donors (Lipinski definition) is 8. The molecule has 0 saturated carbocycles. The van der Waals surface area contributed by atoms with E-state index < -0.39 is 65.3 Å². The van der Waals surface area contributed by atoms with Gasteiger partial charge in [0.25, 0.3) is 0 Å². The Balaban J connectivity index is 1.05. The lowest BCUT2D eigenvalue weighted by atomic mass is 9.77. The molecule has 6 rings (SSSR count). The minimum Gasteiger partial charge on any atom is -0.508 e. The van der Waals surface area contributed by atoms with Crippen molar-refractivity contribution in [3.05, 3.63) is 107 Å². The standard InChI is InChI=1S/C66H90O14/c1-3-5-7-9-11-13-15-17-19-21-23-25-27-29-31-33-58(74)77-55-37-35-45(39-50(55)69)64-54(73)43-48-49(68)44-53(72)61(66(48)80-64)62-60-52(71)41-47(67)42-57(60)79-65(63(62)76)46-36-38-56(51(70)40-46)78-59(75)34-32-30-28-26-24-22-20-18-16-14-12-10-8-6-4-2/h17-20,35-42,44,54,62-65,67-73,76H,3-16,21-34,43H2,1-2H3/b19-17-,20-18-/t54-,62-,63-,64-,65-/m1/s1. The van der Waals surface area contributed by atoms with Gasteiger partial charge in [0.2, 0.25) is 0 Å². The smallest absolute Gasteiger partial charge is 0.311 e. The van der Waals surface area contributed by atoms with Gasteiger partial charge in [0, 0.05) is 54.2 Å². The number of allylic oxidation sites excluding steroid dienone is 4. The molecule has 14 heteroatoms. The predicted molar refractivity (Wildman–Crippen MR) is 310 cm³/mol. The second-order valence-corrected chi connectivity index (χ2v) is 21.9. The van der Waals surface area contributed by atoms with Crippen LogP contribution < -0.4 is 18.9 Å². The normalized spacial score (nSPS) is 17.7. The third-order valence-corrected chi connectivity index (χ3v) is 15.4. The maximum atomic E-state index is 12.9. The quantitative estimate of drug-likeness (QED) is 0.00927. The first-order valence-corrected chi connectivity index (χ1v) is 30.0. The second kappa shape index (κ2) is 33.4. The number of rotatable bonds is 35. The van der Waals surface area contributed by atoms with Crippen LogP contribution in [0.5, 0.6) is 57.5 Å². The number of unbranched alkanes of at least 4 members (excludes halogenated alkanes) is 22. The minimum atomic E-state index is -1.66. The first-order chi connectivity index (χ1) is 38.8. The van der Waals surface area contributed by atoms with E-state index in [2.05, 4.69) is 38.2 Å². The molecule has 438 valence electrons. The van der Waals surface area contributed by atoms with Crippen LogP contribution in [0.2, 0.25) is 0 Å². The third kappa shape index (κ3) is 18.9. The largest absolute Gasteiger partial charge is 0.508 e. The van der Waals surface area contributed by atoms with Gasteiger partial charge >= 0.3 is 11.9 Å². The van der Waals surface area contributed by atoms with Crippen LogP contribution in [0.15, 0.2) is 78.9 Å². The molecular formula is C66H90O14. The average molecular weight is 1110 g/mol. The molecule has 0 saturated heterocycles. The van der Waals surface area contributed by atoms with Crippen molar-refractivity contribution in [2.45, 2.75) is 230 Å². The van der Waals surface area contributed by atoms with Gasteiger partial charge in [-0.3, -0.25) is 9.59 Å². The molecule has 2 heterocycles. The van der Waals surface area contributed by atoms with Gasteiger partial charge in [0.05, 0.1) is 12.0 Å². The number of carbonyl (C=O) groups is 2. The number of ether oxygens (including phenoxy) is 4. The molecule has 0 aliphatic carbocycles. The summed E-state index contributed by atoms with van der Waals surface area (Å²) in [6, 6.07) is 11.6. The van der Waals surface area contributed by atoms with Gasteiger partial charge in [-0.05, 0) is 99.6 Å². The van der Waals surface area contributed by atoms with E-state index in [0.717, 1.165) is 89.2 Å². The molecular weight excluding hydrogens is 1020 g/mol. The summed E-state index contributed by atoms with van der Waals surface area (Å²) in [7, 11) is 0. The van der Waals surface area contributed by atoms with Gasteiger partial charge in [-0.2, -0.15) is 0 Å². The van der Waals surface area contributed by atoms with Crippen molar-refractivity contribution >= 4 is 11.9 Å². The highest BCUT2D eigenvalue weighted by Gasteiger charge is 2.46. The molecule has 4 aromatic carbocycles. The molecule has 0 aromatic heterocycles. The highest BCUT2D eigenvalue weighted by atomic mass is 16.5. The van der Waals surface area contributed by atoms with E-state index in [9.17, 15) is 50.4 Å². The Morgan fingerprint density at radius 1 is 0.487 bits per heavy atom. The van der Waals surface area contributed by atoms with E-state index in [1.165, 1.54) is 120 Å². The van der Waals surface area contributed by atoms with Gasteiger partial charge in [-0.1, -0.05) is 153 Å². The van der Waals surface area contributed by atoms with Crippen LogP contribution in [0.4, 0.5) is 0 Å². The number of aliphatic hydroxyl groups is 2. The molecule has 0 amide bonds. The van der Waals surface area contributed by atoms with E-state index in [0.29, 0.717) is 12.8 Å². The SMILES string of the molecule is CCCCCCCC/C=C\CCCCCCCC(=O)Oc1ccc([C@H]2Oc3cc(O)cc(O)c3[C@H](c3c(O)cc(O)c4c3O[C@H](c3ccc(OC(=O)CCCCCCC/C=C\CCCCCCCC)c(O)c3)[C@H](O)C4)[C@H]2O)cc1O. The van der Waals surface area contributed by atoms with Crippen LogP contribution in [0.3, 0.4) is 0 Å². The summed E-state index contributed by atoms with van der Waals surface area (Å²) in [5, 5.41) is 90.9. The zero-order valence-electron chi connectivity index (χ0n) is 47.4. The molecule has 8 N–H and O–H groups in total. The lowest BCUT2D eigenvalue weighted by molar-refractivity contribution is -0.135. The van der Waals surface area contributed by atoms with E-state index in [4.69, 9.17) is 18.9 Å². The summed E-state index contributed by atoms with van der Waals surface area (Å²) in [4.78, 5) is 25.7. The van der Waals surface area contributed by atoms with Gasteiger partial charge in [-0.25, -0.2) is 0 Å². The van der Waals surface area contributed by atoms with Gasteiger partial charge in [0.15, 0.2) is 29.1 Å². The topological polar surface area (TPSA) is 233 Å². The average Bonchev–Trinajstić information content (AvgIpc) is 3.62. The van der Waals surface area contributed by atoms with Crippen LogP contribution in [-0.2, 0) is 16.0 Å². The summed E-state index contributed by atoms with van der Waals surface area (Å²) in [5.74, 6) is -5.43. The molecule has 5 atom stereocenters. The molecule has 2 aliphatic heterocycles. The molecule has 0 bridgehead atoms. The van der Waals surface area contributed by atoms with Crippen molar-refractivity contribution < 1.29 is 69.4 Å². The Kier molecular flexibility index (Phi) is 26.2. The van der Waals surface area contributed by atoms with Crippen LogP contribution in [0, 0.1) is 0 Å². The Morgan fingerprint density at radius 2 is 0.925 bits per heavy atom. The number of phenols is 6. The van der Waals surface area contributed by atoms with Crippen LogP contribution >= 0.6 is 0 Å². The molecule has 0 radical (unpaired) electrons. The number of aliphatic hydroxyl groups excluding tert-OH is 2. The van der Waals surface area contributed by atoms with E-state index in [1.54, 1.807) is 0 Å². The summed E-state index contributed by atoms with van der Waals surface area (Å²) in [5.41, 5.74) is 0.392. The first kappa shape index (κ1) is 62.8. The zero-order chi connectivity index (χ0) is 57.2. The summed E-state index contributed by atoms with van der Waals surface area (Å²) >= 11 is 0. The van der Waals surface area contributed by atoms with Crippen LogP contribution in [-0.4, -0.2) is 65.0 Å². The molecule has 0 spiro atoms. The Hall–Kier alpha value is -6.38. The number of esters is 2. The van der Waals surface area contributed by atoms with Crippen molar-refractivity contribution in [3.8, 4) is 57.5 Å². The number of benzene rings is 4. The first-order valence-electron chi connectivity index (χ1n) is 30.0. The highest BCUT2D eigenvalue weighted by molar-refractivity contribution is 5.74. The second-order valence-electron chi connectivity index (χ2n) is 21.9. The number of aromatic hydroxyl groups is 6. The van der Waals surface area contributed by atoms with Crippen molar-refractivity contribution in [1.82, 2.24) is 0 Å².